The molecule has 14 heavy (non-hydrogen) atoms. The Balaban J connectivity index is 2.63. The van der Waals surface area contributed by atoms with Crippen LogP contribution >= 0.6 is 0 Å². The average Bonchev–Trinajstić information content (AvgIpc) is 2.19. The summed E-state index contributed by atoms with van der Waals surface area (Å²) in [7, 11) is 0. The van der Waals surface area contributed by atoms with Gasteiger partial charge in [0.15, 0.2) is 0 Å². The molecule has 0 saturated heterocycles. The summed E-state index contributed by atoms with van der Waals surface area (Å²) in [6, 6.07) is 6.56. The number of benzene rings is 1. The second-order valence-corrected chi connectivity index (χ2v) is 2.64. The summed E-state index contributed by atoms with van der Waals surface area (Å²) >= 11 is 0. The van der Waals surface area contributed by atoms with E-state index in [9.17, 15) is 8.78 Å². The Labute approximate surface area is 79.2 Å². The Morgan fingerprint density at radius 1 is 1.07 bits per heavy atom. The molecule has 0 aliphatic heterocycles. The van der Waals surface area contributed by atoms with E-state index < -0.39 is 11.6 Å². The molecule has 0 amide bonds. The maximum atomic E-state index is 13.2. The summed E-state index contributed by atoms with van der Waals surface area (Å²) in [5.74, 6) is -1.30. The normalized spacial score (nSPS) is 10.1. The maximum Gasteiger partial charge on any atom is 0.135 e. The molecular formula is C10H5F2N2. The second-order valence-electron chi connectivity index (χ2n) is 2.64. The minimum Gasteiger partial charge on any atom is -0.206 e. The van der Waals surface area contributed by atoms with Gasteiger partial charge in [-0.2, -0.15) is 0 Å². The molecule has 0 bridgehead atoms. The van der Waals surface area contributed by atoms with Gasteiger partial charge in [-0.3, -0.25) is 0 Å². The van der Waals surface area contributed by atoms with Gasteiger partial charge in [-0.25, -0.2) is 8.78 Å². The number of hydrogen-bond acceptors (Lipinski definition) is 2. The molecule has 1 heterocycles. The third-order valence-corrected chi connectivity index (χ3v) is 1.75. The molecule has 2 aromatic rings. The van der Waals surface area contributed by atoms with Gasteiger partial charge in [-0.05, 0) is 24.3 Å². The van der Waals surface area contributed by atoms with Gasteiger partial charge in [0.1, 0.15) is 17.8 Å². The summed E-state index contributed by atoms with van der Waals surface area (Å²) in [4.78, 5) is 0. The highest BCUT2D eigenvalue weighted by Gasteiger charge is 2.11. The van der Waals surface area contributed by atoms with Gasteiger partial charge in [0.05, 0.1) is 11.3 Å². The lowest BCUT2D eigenvalue weighted by Crippen LogP contribution is -1.93. The number of aromatic nitrogens is 2. The van der Waals surface area contributed by atoms with Crippen LogP contribution in [-0.4, -0.2) is 10.2 Å². The topological polar surface area (TPSA) is 25.8 Å². The minimum atomic E-state index is -0.648. The zero-order valence-corrected chi connectivity index (χ0v) is 7.04. The molecule has 1 aromatic heterocycles. The quantitative estimate of drug-likeness (QED) is 0.690. The smallest absolute Gasteiger partial charge is 0.135 e. The number of halogens is 2. The van der Waals surface area contributed by atoms with Gasteiger partial charge >= 0.3 is 0 Å². The summed E-state index contributed by atoms with van der Waals surface area (Å²) in [5, 5.41) is 7.02. The van der Waals surface area contributed by atoms with Crippen LogP contribution < -0.4 is 0 Å². The number of hydrogen-bond donors (Lipinski definition) is 0. The van der Waals surface area contributed by atoms with Crippen LogP contribution in [0, 0.1) is 17.8 Å². The van der Waals surface area contributed by atoms with E-state index >= 15 is 0 Å². The Morgan fingerprint density at radius 3 is 2.36 bits per heavy atom. The lowest BCUT2D eigenvalue weighted by Gasteiger charge is -2.01. The Bertz CT molecular complexity index is 423. The molecule has 0 N–H and O–H groups in total. The Hall–Kier alpha value is -1.84. The summed E-state index contributed by atoms with van der Waals surface area (Å²) in [6.07, 6.45) is 2.44. The van der Waals surface area contributed by atoms with Gasteiger partial charge in [0, 0.05) is 0 Å². The van der Waals surface area contributed by atoms with Crippen LogP contribution in [0.4, 0.5) is 8.78 Å². The van der Waals surface area contributed by atoms with E-state index in [0.29, 0.717) is 0 Å². The van der Waals surface area contributed by atoms with E-state index in [0.717, 1.165) is 0 Å². The lowest BCUT2D eigenvalue weighted by molar-refractivity contribution is 0.588. The van der Waals surface area contributed by atoms with Crippen molar-refractivity contribution in [1.82, 2.24) is 10.2 Å². The van der Waals surface area contributed by atoms with Crippen molar-refractivity contribution in [3.05, 3.63) is 48.2 Å². The Kier molecular flexibility index (Phi) is 2.18. The van der Waals surface area contributed by atoms with E-state index in [4.69, 9.17) is 0 Å². The van der Waals surface area contributed by atoms with Crippen molar-refractivity contribution in [3.63, 3.8) is 0 Å². The zero-order chi connectivity index (χ0) is 9.97. The van der Waals surface area contributed by atoms with Gasteiger partial charge in [0.25, 0.3) is 0 Å². The molecule has 1 aromatic carbocycles. The van der Waals surface area contributed by atoms with Crippen LogP contribution in [-0.2, 0) is 0 Å². The monoisotopic (exact) mass is 191 g/mol. The van der Waals surface area contributed by atoms with Crippen LogP contribution in [0.3, 0.4) is 0 Å². The van der Waals surface area contributed by atoms with Crippen LogP contribution in [0.1, 0.15) is 0 Å². The second kappa shape index (κ2) is 3.49. The third-order valence-electron chi connectivity index (χ3n) is 1.75. The maximum absolute atomic E-state index is 13.2. The lowest BCUT2D eigenvalue weighted by atomic mass is 10.1. The molecule has 0 spiro atoms. The van der Waals surface area contributed by atoms with Crippen LogP contribution in [0.25, 0.3) is 11.3 Å². The third kappa shape index (κ3) is 1.46. The molecule has 0 aliphatic rings. The molecule has 0 atom stereocenters. The summed E-state index contributed by atoms with van der Waals surface area (Å²) < 4.78 is 26.4. The molecule has 0 fully saturated rings. The van der Waals surface area contributed by atoms with Gasteiger partial charge in [-0.1, -0.05) is 6.07 Å². The predicted molar refractivity (Wildman–Crippen MR) is 46.2 cm³/mol. The van der Waals surface area contributed by atoms with Crippen LogP contribution in [0.2, 0.25) is 0 Å². The van der Waals surface area contributed by atoms with E-state index in [1.165, 1.54) is 30.3 Å². The fraction of sp³-hybridized carbons (Fsp3) is 0. The van der Waals surface area contributed by atoms with Crippen LogP contribution in [0.5, 0.6) is 0 Å². The van der Waals surface area contributed by atoms with Crippen molar-refractivity contribution < 1.29 is 8.78 Å². The summed E-state index contributed by atoms with van der Waals surface area (Å²) in [6.45, 7) is 0. The fourth-order valence-corrected chi connectivity index (χ4v) is 1.14. The number of nitrogens with zero attached hydrogens (tertiary/aromatic N) is 2. The zero-order valence-electron chi connectivity index (χ0n) is 7.04. The molecule has 4 heteroatoms. The van der Waals surface area contributed by atoms with Crippen molar-refractivity contribution >= 4 is 0 Å². The highest BCUT2D eigenvalue weighted by Crippen LogP contribution is 2.22. The van der Waals surface area contributed by atoms with E-state index in [2.05, 4.69) is 16.4 Å². The molecular weight excluding hydrogens is 186 g/mol. The molecule has 2 rings (SSSR count). The minimum absolute atomic E-state index is 0.158. The van der Waals surface area contributed by atoms with Crippen molar-refractivity contribution in [3.8, 4) is 11.3 Å². The standard InChI is InChI=1S/C10H5F2N2/c11-7-3-1-4-8(12)10(7)9-5-2-6-13-14-9/h1-5H. The number of rotatable bonds is 1. The first kappa shape index (κ1) is 8.74. The van der Waals surface area contributed by atoms with Crippen molar-refractivity contribution in [2.45, 2.75) is 0 Å². The molecule has 69 valence electrons. The highest BCUT2D eigenvalue weighted by molar-refractivity contribution is 5.59. The fourth-order valence-electron chi connectivity index (χ4n) is 1.14. The summed E-state index contributed by atoms with van der Waals surface area (Å²) in [5.41, 5.74) is 0.00773. The molecule has 0 unspecified atom stereocenters. The molecule has 2 nitrogen and oxygen atoms in total. The Morgan fingerprint density at radius 2 is 1.79 bits per heavy atom. The van der Waals surface area contributed by atoms with E-state index in [1.807, 2.05) is 0 Å². The first-order valence-corrected chi connectivity index (χ1v) is 3.93. The van der Waals surface area contributed by atoms with Gasteiger partial charge in [0.2, 0.25) is 0 Å². The van der Waals surface area contributed by atoms with Crippen molar-refractivity contribution in [2.24, 2.45) is 0 Å². The highest BCUT2D eigenvalue weighted by atomic mass is 19.1. The van der Waals surface area contributed by atoms with E-state index in [1.54, 1.807) is 0 Å². The first-order valence-electron chi connectivity index (χ1n) is 3.93. The van der Waals surface area contributed by atoms with Gasteiger partial charge in [-0.15, -0.1) is 10.2 Å². The van der Waals surface area contributed by atoms with Crippen molar-refractivity contribution in [1.29, 1.82) is 0 Å². The van der Waals surface area contributed by atoms with Crippen molar-refractivity contribution in [2.75, 3.05) is 0 Å². The SMILES string of the molecule is Fc1cccc(F)c1-c1cc[c]nn1. The molecule has 1 radical (unpaired) electrons. The average molecular weight is 191 g/mol. The largest absolute Gasteiger partial charge is 0.206 e. The molecule has 0 aliphatic carbocycles. The predicted octanol–water partition coefficient (Wildman–Crippen LogP) is 2.22. The van der Waals surface area contributed by atoms with Crippen LogP contribution in [0.15, 0.2) is 30.3 Å². The van der Waals surface area contributed by atoms with E-state index in [-0.39, 0.29) is 11.3 Å². The molecule has 0 saturated carbocycles. The van der Waals surface area contributed by atoms with Gasteiger partial charge < -0.3 is 0 Å². The first-order chi connectivity index (χ1) is 6.79.